The highest BCUT2D eigenvalue weighted by molar-refractivity contribution is 5.92. The SMILES string of the molecule is O=C(CN1CCN(CC(=O)Nc2ccc(OC(F)(F)F)cc2)CC1)NCCCc1ccccc1. The molecule has 10 heteroatoms. The molecule has 34 heavy (non-hydrogen) atoms. The number of piperazine rings is 1. The average molecular weight is 479 g/mol. The predicted octanol–water partition coefficient (Wildman–Crippen LogP) is 2.89. The first kappa shape index (κ1) is 25.5. The Bertz CT molecular complexity index is 915. The number of rotatable bonds is 10. The molecule has 0 bridgehead atoms. The number of nitrogens with one attached hydrogen (secondary N) is 2. The van der Waals surface area contributed by atoms with E-state index in [1.807, 2.05) is 23.1 Å². The van der Waals surface area contributed by atoms with Crippen LogP contribution in [0.3, 0.4) is 0 Å². The number of amides is 2. The summed E-state index contributed by atoms with van der Waals surface area (Å²) >= 11 is 0. The van der Waals surface area contributed by atoms with Crippen molar-refractivity contribution in [3.8, 4) is 5.75 Å². The van der Waals surface area contributed by atoms with Crippen LogP contribution in [-0.2, 0) is 16.0 Å². The molecule has 0 atom stereocenters. The fourth-order valence-corrected chi connectivity index (χ4v) is 3.67. The molecule has 3 rings (SSSR count). The molecule has 1 aliphatic rings. The fraction of sp³-hybridized carbons (Fsp3) is 0.417. The second-order valence-electron chi connectivity index (χ2n) is 8.11. The number of nitrogens with zero attached hydrogens (tertiary/aromatic N) is 2. The molecule has 0 unspecified atom stereocenters. The van der Waals surface area contributed by atoms with Crippen LogP contribution in [0.1, 0.15) is 12.0 Å². The molecule has 0 aromatic heterocycles. The summed E-state index contributed by atoms with van der Waals surface area (Å²) in [6.45, 7) is 3.78. The number of aryl methyl sites for hydroxylation is 1. The minimum Gasteiger partial charge on any atom is -0.406 e. The summed E-state index contributed by atoms with van der Waals surface area (Å²) in [4.78, 5) is 28.5. The van der Waals surface area contributed by atoms with Crippen LogP contribution in [0.5, 0.6) is 5.75 Å². The number of benzene rings is 2. The van der Waals surface area contributed by atoms with Crippen molar-refractivity contribution >= 4 is 17.5 Å². The van der Waals surface area contributed by atoms with Crippen molar-refractivity contribution in [1.82, 2.24) is 15.1 Å². The molecular formula is C24H29F3N4O3. The van der Waals surface area contributed by atoms with E-state index in [1.54, 1.807) is 0 Å². The van der Waals surface area contributed by atoms with Gasteiger partial charge in [-0.15, -0.1) is 13.2 Å². The Balaban J connectivity index is 1.29. The summed E-state index contributed by atoms with van der Waals surface area (Å²) in [5, 5.41) is 5.63. The fourth-order valence-electron chi connectivity index (χ4n) is 3.67. The van der Waals surface area contributed by atoms with Crippen molar-refractivity contribution in [2.75, 3.05) is 51.1 Å². The van der Waals surface area contributed by atoms with Gasteiger partial charge in [-0.2, -0.15) is 0 Å². The van der Waals surface area contributed by atoms with E-state index in [1.165, 1.54) is 17.7 Å². The van der Waals surface area contributed by atoms with E-state index >= 15 is 0 Å². The molecule has 2 amide bonds. The zero-order chi connectivity index (χ0) is 24.4. The maximum absolute atomic E-state index is 12.3. The minimum absolute atomic E-state index is 0.00259. The molecular weight excluding hydrogens is 449 g/mol. The molecule has 0 saturated carbocycles. The van der Waals surface area contributed by atoms with E-state index in [2.05, 4.69) is 32.4 Å². The predicted molar refractivity (Wildman–Crippen MR) is 122 cm³/mol. The van der Waals surface area contributed by atoms with Crippen LogP contribution < -0.4 is 15.4 Å². The van der Waals surface area contributed by atoms with Crippen LogP contribution >= 0.6 is 0 Å². The van der Waals surface area contributed by atoms with E-state index in [0.29, 0.717) is 45.0 Å². The smallest absolute Gasteiger partial charge is 0.406 e. The van der Waals surface area contributed by atoms with Crippen LogP contribution in [0.25, 0.3) is 0 Å². The second kappa shape index (κ2) is 12.4. The summed E-state index contributed by atoms with van der Waals surface area (Å²) in [6, 6.07) is 15.1. The van der Waals surface area contributed by atoms with Crippen molar-refractivity contribution in [3.63, 3.8) is 0 Å². The van der Waals surface area contributed by atoms with Gasteiger partial charge >= 0.3 is 6.36 Å². The minimum atomic E-state index is -4.75. The summed E-state index contributed by atoms with van der Waals surface area (Å²) in [5.41, 5.74) is 1.64. The van der Waals surface area contributed by atoms with Crippen LogP contribution in [-0.4, -0.2) is 73.8 Å². The lowest BCUT2D eigenvalue weighted by Gasteiger charge is -2.33. The highest BCUT2D eigenvalue weighted by Gasteiger charge is 2.31. The lowest BCUT2D eigenvalue weighted by Crippen LogP contribution is -2.51. The van der Waals surface area contributed by atoms with Gasteiger partial charge in [-0.3, -0.25) is 19.4 Å². The zero-order valence-electron chi connectivity index (χ0n) is 18.8. The first-order valence-corrected chi connectivity index (χ1v) is 11.2. The molecule has 7 nitrogen and oxygen atoms in total. The molecule has 0 aliphatic carbocycles. The third kappa shape index (κ3) is 9.40. The Kier molecular flexibility index (Phi) is 9.29. The number of hydrogen-bond donors (Lipinski definition) is 2. The van der Waals surface area contributed by atoms with Crippen LogP contribution in [0, 0.1) is 0 Å². The average Bonchev–Trinajstić information content (AvgIpc) is 2.79. The van der Waals surface area contributed by atoms with E-state index in [9.17, 15) is 22.8 Å². The first-order chi connectivity index (χ1) is 16.3. The van der Waals surface area contributed by atoms with Crippen molar-refractivity contribution in [2.24, 2.45) is 0 Å². The summed E-state index contributed by atoms with van der Waals surface area (Å²) < 4.78 is 40.5. The van der Waals surface area contributed by atoms with Gasteiger partial charge in [-0.05, 0) is 42.7 Å². The van der Waals surface area contributed by atoms with Gasteiger partial charge in [0.1, 0.15) is 5.75 Å². The summed E-state index contributed by atoms with van der Waals surface area (Å²) in [6.07, 6.45) is -2.94. The normalized spacial score (nSPS) is 15.0. The van der Waals surface area contributed by atoms with E-state index in [0.717, 1.165) is 25.0 Å². The van der Waals surface area contributed by atoms with E-state index < -0.39 is 6.36 Å². The van der Waals surface area contributed by atoms with Crippen molar-refractivity contribution in [1.29, 1.82) is 0 Å². The van der Waals surface area contributed by atoms with Gasteiger partial charge in [0.2, 0.25) is 11.8 Å². The Morgan fingerprint density at radius 2 is 1.44 bits per heavy atom. The summed E-state index contributed by atoms with van der Waals surface area (Å²) in [5.74, 6) is -0.604. The molecule has 1 heterocycles. The van der Waals surface area contributed by atoms with Gasteiger partial charge < -0.3 is 15.4 Å². The van der Waals surface area contributed by atoms with Crippen LogP contribution in [0.4, 0.5) is 18.9 Å². The van der Waals surface area contributed by atoms with Crippen molar-refractivity contribution in [3.05, 3.63) is 60.2 Å². The van der Waals surface area contributed by atoms with E-state index in [-0.39, 0.29) is 24.1 Å². The standard InChI is InChI=1S/C24H29F3N4O3/c25-24(26,27)34-21-10-8-20(9-11-21)29-23(33)18-31-15-13-30(14-16-31)17-22(32)28-12-4-7-19-5-2-1-3-6-19/h1-3,5-6,8-11H,4,7,12-18H2,(H,28,32)(H,29,33). The Morgan fingerprint density at radius 1 is 0.853 bits per heavy atom. The molecule has 1 saturated heterocycles. The molecule has 184 valence electrons. The number of carbonyl (C=O) groups excluding carboxylic acids is 2. The molecule has 2 N–H and O–H groups in total. The van der Waals surface area contributed by atoms with Gasteiger partial charge in [-0.25, -0.2) is 0 Å². The number of ether oxygens (including phenoxy) is 1. The third-order valence-electron chi connectivity index (χ3n) is 5.38. The van der Waals surface area contributed by atoms with Crippen molar-refractivity contribution < 1.29 is 27.5 Å². The third-order valence-corrected chi connectivity index (χ3v) is 5.38. The lowest BCUT2D eigenvalue weighted by molar-refractivity contribution is -0.274. The second-order valence-corrected chi connectivity index (χ2v) is 8.11. The van der Waals surface area contributed by atoms with Gasteiger partial charge in [0, 0.05) is 38.4 Å². The molecule has 2 aromatic rings. The highest BCUT2D eigenvalue weighted by Crippen LogP contribution is 2.23. The Labute approximate surface area is 196 Å². The largest absolute Gasteiger partial charge is 0.573 e. The molecule has 0 spiro atoms. The highest BCUT2D eigenvalue weighted by atomic mass is 19.4. The topological polar surface area (TPSA) is 73.9 Å². The number of alkyl halides is 3. The van der Waals surface area contributed by atoms with E-state index in [4.69, 9.17) is 0 Å². The number of anilines is 1. The molecule has 1 aliphatic heterocycles. The van der Waals surface area contributed by atoms with Gasteiger partial charge in [0.05, 0.1) is 13.1 Å². The number of carbonyl (C=O) groups is 2. The Hall–Kier alpha value is -3.11. The maximum atomic E-state index is 12.3. The zero-order valence-corrected chi connectivity index (χ0v) is 18.8. The molecule has 1 fully saturated rings. The van der Waals surface area contributed by atoms with Crippen LogP contribution in [0.2, 0.25) is 0 Å². The van der Waals surface area contributed by atoms with Crippen LogP contribution in [0.15, 0.2) is 54.6 Å². The first-order valence-electron chi connectivity index (χ1n) is 11.2. The molecule has 2 aromatic carbocycles. The monoisotopic (exact) mass is 478 g/mol. The Morgan fingerprint density at radius 3 is 2.03 bits per heavy atom. The lowest BCUT2D eigenvalue weighted by atomic mass is 10.1. The van der Waals surface area contributed by atoms with Crippen molar-refractivity contribution in [2.45, 2.75) is 19.2 Å². The van der Waals surface area contributed by atoms with Gasteiger partial charge in [0.25, 0.3) is 0 Å². The van der Waals surface area contributed by atoms with Gasteiger partial charge in [0.15, 0.2) is 0 Å². The number of hydrogen-bond acceptors (Lipinski definition) is 5. The molecule has 0 radical (unpaired) electrons. The van der Waals surface area contributed by atoms with Gasteiger partial charge in [-0.1, -0.05) is 30.3 Å². The quantitative estimate of drug-likeness (QED) is 0.514. The summed E-state index contributed by atoms with van der Waals surface area (Å²) in [7, 11) is 0. The number of halogens is 3. The maximum Gasteiger partial charge on any atom is 0.573 e.